The molecule has 1 heterocycles. The van der Waals surface area contributed by atoms with Crippen LogP contribution in [0.3, 0.4) is 0 Å². The first kappa shape index (κ1) is 7.22. The van der Waals surface area contributed by atoms with Gasteiger partial charge in [-0.05, 0) is 30.4 Å². The first-order valence-electron chi connectivity index (χ1n) is 3.77. The summed E-state index contributed by atoms with van der Waals surface area (Å²) in [6.45, 7) is 0.541. The van der Waals surface area contributed by atoms with Crippen LogP contribution in [-0.4, -0.2) is 13.7 Å². The second-order valence-electron chi connectivity index (χ2n) is 2.54. The van der Waals surface area contributed by atoms with E-state index in [2.05, 4.69) is 6.08 Å². The first-order valence-corrected chi connectivity index (χ1v) is 3.77. The Morgan fingerprint density at radius 1 is 1.50 bits per heavy atom. The SMILES string of the molecule is COc1ccc2c(c1)C=[C]CO2. The second-order valence-corrected chi connectivity index (χ2v) is 2.54. The van der Waals surface area contributed by atoms with Gasteiger partial charge in [-0.25, -0.2) is 0 Å². The Morgan fingerprint density at radius 3 is 3.25 bits per heavy atom. The minimum atomic E-state index is 0.541. The zero-order valence-corrected chi connectivity index (χ0v) is 6.83. The molecule has 0 fully saturated rings. The van der Waals surface area contributed by atoms with E-state index in [0.717, 1.165) is 17.1 Å². The Morgan fingerprint density at radius 2 is 2.42 bits per heavy atom. The maximum Gasteiger partial charge on any atom is 0.127 e. The van der Waals surface area contributed by atoms with Crippen LogP contribution in [0.15, 0.2) is 18.2 Å². The van der Waals surface area contributed by atoms with Gasteiger partial charge in [0.1, 0.15) is 18.1 Å². The standard InChI is InChI=1S/C10H9O2/c1-11-9-4-5-10-8(7-9)3-2-6-12-10/h3-5,7H,6H2,1H3. The lowest BCUT2D eigenvalue weighted by atomic mass is 10.1. The van der Waals surface area contributed by atoms with E-state index in [1.165, 1.54) is 0 Å². The molecule has 2 heteroatoms. The third kappa shape index (κ3) is 1.16. The summed E-state index contributed by atoms with van der Waals surface area (Å²) in [5, 5.41) is 0. The molecule has 2 nitrogen and oxygen atoms in total. The maximum absolute atomic E-state index is 5.33. The highest BCUT2D eigenvalue weighted by Gasteiger charge is 2.05. The molecule has 0 N–H and O–H groups in total. The molecule has 0 unspecified atom stereocenters. The van der Waals surface area contributed by atoms with Gasteiger partial charge in [0, 0.05) is 5.56 Å². The molecule has 1 radical (unpaired) electrons. The summed E-state index contributed by atoms with van der Waals surface area (Å²) >= 11 is 0. The molecule has 0 aliphatic carbocycles. The normalized spacial score (nSPS) is 13.4. The predicted octanol–water partition coefficient (Wildman–Crippen LogP) is 1.90. The fourth-order valence-corrected chi connectivity index (χ4v) is 1.17. The van der Waals surface area contributed by atoms with Gasteiger partial charge in [0.05, 0.1) is 7.11 Å². The van der Waals surface area contributed by atoms with Crippen molar-refractivity contribution in [2.45, 2.75) is 0 Å². The van der Waals surface area contributed by atoms with Crippen molar-refractivity contribution < 1.29 is 9.47 Å². The number of hydrogen-bond acceptors (Lipinski definition) is 2. The molecule has 1 aliphatic rings. The molecule has 0 saturated heterocycles. The van der Waals surface area contributed by atoms with Crippen molar-refractivity contribution in [1.82, 2.24) is 0 Å². The van der Waals surface area contributed by atoms with Crippen molar-refractivity contribution in [3.63, 3.8) is 0 Å². The number of fused-ring (bicyclic) bond motifs is 1. The molecular formula is C10H9O2. The Labute approximate surface area is 71.4 Å². The van der Waals surface area contributed by atoms with E-state index in [4.69, 9.17) is 9.47 Å². The summed E-state index contributed by atoms with van der Waals surface area (Å²) in [6, 6.07) is 5.73. The van der Waals surface area contributed by atoms with Gasteiger partial charge in [0.2, 0.25) is 0 Å². The van der Waals surface area contributed by atoms with Crippen LogP contribution in [0, 0.1) is 6.08 Å². The topological polar surface area (TPSA) is 18.5 Å². The van der Waals surface area contributed by atoms with Crippen LogP contribution in [-0.2, 0) is 0 Å². The van der Waals surface area contributed by atoms with Crippen molar-refractivity contribution in [3.8, 4) is 11.5 Å². The van der Waals surface area contributed by atoms with Crippen LogP contribution >= 0.6 is 0 Å². The van der Waals surface area contributed by atoms with Gasteiger partial charge >= 0.3 is 0 Å². The largest absolute Gasteiger partial charge is 0.497 e. The summed E-state index contributed by atoms with van der Waals surface area (Å²) in [5.41, 5.74) is 1.03. The van der Waals surface area contributed by atoms with Crippen molar-refractivity contribution >= 4 is 6.08 Å². The van der Waals surface area contributed by atoms with Crippen LogP contribution < -0.4 is 9.47 Å². The van der Waals surface area contributed by atoms with E-state index in [-0.39, 0.29) is 0 Å². The average Bonchev–Trinajstić information content (AvgIpc) is 2.17. The first-order chi connectivity index (χ1) is 5.90. The van der Waals surface area contributed by atoms with Crippen LogP contribution in [0.2, 0.25) is 0 Å². The molecule has 0 spiro atoms. The highest BCUT2D eigenvalue weighted by molar-refractivity contribution is 5.59. The monoisotopic (exact) mass is 161 g/mol. The van der Waals surface area contributed by atoms with E-state index in [9.17, 15) is 0 Å². The van der Waals surface area contributed by atoms with Crippen molar-refractivity contribution in [2.24, 2.45) is 0 Å². The molecule has 0 saturated carbocycles. The Hall–Kier alpha value is -1.44. The van der Waals surface area contributed by atoms with Gasteiger partial charge in [-0.15, -0.1) is 0 Å². The zero-order valence-electron chi connectivity index (χ0n) is 6.83. The van der Waals surface area contributed by atoms with E-state index in [1.807, 2.05) is 24.3 Å². The third-order valence-electron chi connectivity index (χ3n) is 1.79. The summed E-state index contributed by atoms with van der Waals surface area (Å²) < 4.78 is 10.4. The quantitative estimate of drug-likeness (QED) is 0.626. The molecule has 0 atom stereocenters. The summed E-state index contributed by atoms with van der Waals surface area (Å²) in [7, 11) is 1.65. The van der Waals surface area contributed by atoms with Crippen molar-refractivity contribution in [1.29, 1.82) is 0 Å². The number of ether oxygens (including phenoxy) is 2. The zero-order chi connectivity index (χ0) is 8.39. The lowest BCUT2D eigenvalue weighted by Gasteiger charge is -2.12. The highest BCUT2D eigenvalue weighted by Crippen LogP contribution is 2.27. The molecule has 12 heavy (non-hydrogen) atoms. The molecule has 0 aromatic heterocycles. The van der Waals surface area contributed by atoms with Gasteiger partial charge in [-0.1, -0.05) is 0 Å². The summed E-state index contributed by atoms with van der Waals surface area (Å²) in [6.07, 6.45) is 4.91. The van der Waals surface area contributed by atoms with E-state index < -0.39 is 0 Å². The molecular weight excluding hydrogens is 152 g/mol. The fraction of sp³-hybridized carbons (Fsp3) is 0.200. The molecule has 1 aromatic carbocycles. The molecule has 0 bridgehead atoms. The van der Waals surface area contributed by atoms with E-state index in [0.29, 0.717) is 6.61 Å². The summed E-state index contributed by atoms with van der Waals surface area (Å²) in [5.74, 6) is 1.74. The molecule has 2 rings (SSSR count). The van der Waals surface area contributed by atoms with Crippen LogP contribution in [0.1, 0.15) is 5.56 Å². The minimum absolute atomic E-state index is 0.541. The number of hydrogen-bond donors (Lipinski definition) is 0. The van der Waals surface area contributed by atoms with Crippen molar-refractivity contribution in [2.75, 3.05) is 13.7 Å². The Bertz CT molecular complexity index is 316. The van der Waals surface area contributed by atoms with E-state index >= 15 is 0 Å². The lowest BCUT2D eigenvalue weighted by molar-refractivity contribution is 0.350. The van der Waals surface area contributed by atoms with Gasteiger partial charge in [-0.3, -0.25) is 0 Å². The summed E-state index contributed by atoms with van der Waals surface area (Å²) in [4.78, 5) is 0. The number of rotatable bonds is 1. The van der Waals surface area contributed by atoms with Crippen molar-refractivity contribution in [3.05, 3.63) is 29.8 Å². The lowest BCUT2D eigenvalue weighted by Crippen LogP contribution is -2.00. The maximum atomic E-state index is 5.33. The van der Waals surface area contributed by atoms with Crippen LogP contribution in [0.25, 0.3) is 6.08 Å². The second kappa shape index (κ2) is 2.89. The molecule has 0 amide bonds. The molecule has 1 aliphatic heterocycles. The van der Waals surface area contributed by atoms with Crippen LogP contribution in [0.4, 0.5) is 0 Å². The van der Waals surface area contributed by atoms with Gasteiger partial charge in [0.15, 0.2) is 0 Å². The van der Waals surface area contributed by atoms with Gasteiger partial charge in [-0.2, -0.15) is 0 Å². The number of benzene rings is 1. The highest BCUT2D eigenvalue weighted by atomic mass is 16.5. The van der Waals surface area contributed by atoms with Crippen LogP contribution in [0.5, 0.6) is 11.5 Å². The molecule has 61 valence electrons. The number of methoxy groups -OCH3 is 1. The smallest absolute Gasteiger partial charge is 0.127 e. The predicted molar refractivity (Wildman–Crippen MR) is 46.2 cm³/mol. The Balaban J connectivity index is 2.44. The third-order valence-corrected chi connectivity index (χ3v) is 1.79. The van der Waals surface area contributed by atoms with Gasteiger partial charge < -0.3 is 9.47 Å². The van der Waals surface area contributed by atoms with Gasteiger partial charge in [0.25, 0.3) is 0 Å². The fourth-order valence-electron chi connectivity index (χ4n) is 1.17. The minimum Gasteiger partial charge on any atom is -0.497 e. The Kier molecular flexibility index (Phi) is 1.74. The molecule has 1 aromatic rings. The average molecular weight is 161 g/mol. The van der Waals surface area contributed by atoms with E-state index in [1.54, 1.807) is 7.11 Å².